The molecule has 2 N–H and O–H groups in total. The van der Waals surface area contributed by atoms with Crippen LogP contribution in [0.2, 0.25) is 0 Å². The number of carbonyl (C=O) groups excluding carboxylic acids is 1. The van der Waals surface area contributed by atoms with E-state index in [9.17, 15) is 4.79 Å². The molecule has 0 radical (unpaired) electrons. The van der Waals surface area contributed by atoms with Crippen LogP contribution in [0, 0.1) is 5.92 Å². The molecular weight excluding hydrogens is 531 g/mol. The topological polar surface area (TPSA) is 82.1 Å². The SMILES string of the molecule is CCNC(=NCc1ccnc(N2CCOC(C)C2)c1)NC1CCN(C(=O)C2CCCC2)C1.I. The number of aliphatic imine (C=N–C) groups is 1. The lowest BCUT2D eigenvalue weighted by Gasteiger charge is -2.32. The lowest BCUT2D eigenvalue weighted by atomic mass is 10.1. The summed E-state index contributed by atoms with van der Waals surface area (Å²) in [6.07, 6.45) is 7.59. The summed E-state index contributed by atoms with van der Waals surface area (Å²) in [7, 11) is 0. The van der Waals surface area contributed by atoms with Crippen molar-refractivity contribution in [3.63, 3.8) is 0 Å². The minimum Gasteiger partial charge on any atom is -0.375 e. The quantitative estimate of drug-likeness (QED) is 0.311. The Kier molecular flexibility index (Phi) is 10.0. The Balaban J connectivity index is 0.00000306. The molecule has 4 rings (SSSR count). The second-order valence-corrected chi connectivity index (χ2v) is 9.24. The molecule has 3 aliphatic rings. The molecule has 1 aromatic rings. The molecular formula is C24H39IN6O2. The van der Waals surface area contributed by atoms with Crippen molar-refractivity contribution in [1.82, 2.24) is 20.5 Å². The molecule has 0 aromatic carbocycles. The van der Waals surface area contributed by atoms with E-state index in [1.807, 2.05) is 12.3 Å². The Bertz CT molecular complexity index is 801. The van der Waals surface area contributed by atoms with Crippen LogP contribution >= 0.6 is 24.0 Å². The molecule has 1 saturated carbocycles. The van der Waals surface area contributed by atoms with Gasteiger partial charge in [0.1, 0.15) is 5.82 Å². The maximum atomic E-state index is 12.7. The van der Waals surface area contributed by atoms with E-state index in [2.05, 4.69) is 45.3 Å². The number of aromatic nitrogens is 1. The average Bonchev–Trinajstić information content (AvgIpc) is 3.50. The predicted molar refractivity (Wildman–Crippen MR) is 142 cm³/mol. The maximum absolute atomic E-state index is 12.7. The number of rotatable bonds is 6. The Hall–Kier alpha value is -1.62. The van der Waals surface area contributed by atoms with E-state index in [1.54, 1.807) is 0 Å². The van der Waals surface area contributed by atoms with Gasteiger partial charge in [-0.1, -0.05) is 12.8 Å². The number of anilines is 1. The monoisotopic (exact) mass is 570 g/mol. The summed E-state index contributed by atoms with van der Waals surface area (Å²) in [4.78, 5) is 26.4. The number of hydrogen-bond acceptors (Lipinski definition) is 5. The van der Waals surface area contributed by atoms with Crippen molar-refractivity contribution in [3.8, 4) is 0 Å². The molecule has 33 heavy (non-hydrogen) atoms. The third-order valence-electron chi connectivity index (χ3n) is 6.68. The third-order valence-corrected chi connectivity index (χ3v) is 6.68. The third kappa shape index (κ3) is 7.18. The zero-order valence-corrected chi connectivity index (χ0v) is 22.3. The van der Waals surface area contributed by atoms with Crippen molar-refractivity contribution in [2.24, 2.45) is 10.9 Å². The molecule has 9 heteroatoms. The first-order valence-corrected chi connectivity index (χ1v) is 12.3. The van der Waals surface area contributed by atoms with Crippen molar-refractivity contribution >= 4 is 41.7 Å². The number of nitrogens with zero attached hydrogens (tertiary/aromatic N) is 4. The number of nitrogens with one attached hydrogen (secondary N) is 2. The van der Waals surface area contributed by atoms with E-state index >= 15 is 0 Å². The zero-order valence-electron chi connectivity index (χ0n) is 20.0. The molecule has 0 spiro atoms. The van der Waals surface area contributed by atoms with E-state index in [0.29, 0.717) is 12.5 Å². The summed E-state index contributed by atoms with van der Waals surface area (Å²) < 4.78 is 5.65. The first-order chi connectivity index (χ1) is 15.6. The predicted octanol–water partition coefficient (Wildman–Crippen LogP) is 2.77. The summed E-state index contributed by atoms with van der Waals surface area (Å²) in [6.45, 7) is 9.65. The van der Waals surface area contributed by atoms with Crippen LogP contribution in [0.3, 0.4) is 0 Å². The highest BCUT2D eigenvalue weighted by atomic mass is 127. The van der Waals surface area contributed by atoms with Gasteiger partial charge >= 0.3 is 0 Å². The number of ether oxygens (including phenoxy) is 1. The second-order valence-electron chi connectivity index (χ2n) is 9.24. The average molecular weight is 571 g/mol. The molecule has 2 unspecified atom stereocenters. The van der Waals surface area contributed by atoms with E-state index in [4.69, 9.17) is 9.73 Å². The summed E-state index contributed by atoms with van der Waals surface area (Å²) in [6, 6.07) is 4.40. The number of guanidine groups is 1. The van der Waals surface area contributed by atoms with Gasteiger partial charge in [-0.15, -0.1) is 24.0 Å². The Morgan fingerprint density at radius 2 is 2.06 bits per heavy atom. The van der Waals surface area contributed by atoms with Crippen LogP contribution in [0.15, 0.2) is 23.3 Å². The van der Waals surface area contributed by atoms with Gasteiger partial charge in [-0.3, -0.25) is 4.79 Å². The van der Waals surface area contributed by atoms with Gasteiger partial charge in [-0.25, -0.2) is 9.98 Å². The molecule has 2 atom stereocenters. The molecule has 1 amide bonds. The van der Waals surface area contributed by atoms with Gasteiger partial charge in [0, 0.05) is 50.9 Å². The largest absolute Gasteiger partial charge is 0.375 e. The molecule has 2 aliphatic heterocycles. The summed E-state index contributed by atoms with van der Waals surface area (Å²) in [5, 5.41) is 6.90. The van der Waals surface area contributed by atoms with Gasteiger partial charge in [0.2, 0.25) is 5.91 Å². The van der Waals surface area contributed by atoms with Gasteiger partial charge in [0.25, 0.3) is 0 Å². The minimum absolute atomic E-state index is 0. The lowest BCUT2D eigenvalue weighted by Crippen LogP contribution is -2.45. The minimum atomic E-state index is 0. The van der Waals surface area contributed by atoms with Crippen LogP contribution in [0.5, 0.6) is 0 Å². The van der Waals surface area contributed by atoms with Crippen LogP contribution in [-0.2, 0) is 16.1 Å². The number of likely N-dealkylation sites (tertiary alicyclic amines) is 1. The number of morpholine rings is 1. The van der Waals surface area contributed by atoms with E-state index in [1.165, 1.54) is 12.8 Å². The molecule has 8 nitrogen and oxygen atoms in total. The number of pyridine rings is 1. The highest BCUT2D eigenvalue weighted by molar-refractivity contribution is 14.0. The Morgan fingerprint density at radius 3 is 2.82 bits per heavy atom. The maximum Gasteiger partial charge on any atom is 0.225 e. The smallest absolute Gasteiger partial charge is 0.225 e. The fourth-order valence-electron chi connectivity index (χ4n) is 4.95. The zero-order chi connectivity index (χ0) is 22.3. The first-order valence-electron chi connectivity index (χ1n) is 12.3. The van der Waals surface area contributed by atoms with E-state index in [-0.39, 0.29) is 42.0 Å². The van der Waals surface area contributed by atoms with Gasteiger partial charge in [0.05, 0.1) is 19.3 Å². The number of carbonyl (C=O) groups is 1. The van der Waals surface area contributed by atoms with Gasteiger partial charge in [-0.2, -0.15) is 0 Å². The van der Waals surface area contributed by atoms with Crippen molar-refractivity contribution in [2.75, 3.05) is 44.2 Å². The molecule has 3 heterocycles. The number of halogens is 1. The summed E-state index contributed by atoms with van der Waals surface area (Å²) >= 11 is 0. The Labute approximate surface area is 215 Å². The van der Waals surface area contributed by atoms with Crippen molar-refractivity contribution in [2.45, 2.75) is 64.6 Å². The Morgan fingerprint density at radius 1 is 1.24 bits per heavy atom. The van der Waals surface area contributed by atoms with Crippen LogP contribution < -0.4 is 15.5 Å². The molecule has 184 valence electrons. The summed E-state index contributed by atoms with van der Waals surface area (Å²) in [5.41, 5.74) is 1.14. The second kappa shape index (κ2) is 12.7. The van der Waals surface area contributed by atoms with E-state index in [0.717, 1.165) is 75.9 Å². The van der Waals surface area contributed by atoms with Crippen molar-refractivity contribution in [1.29, 1.82) is 0 Å². The fraction of sp³-hybridized carbons (Fsp3) is 0.708. The van der Waals surface area contributed by atoms with Crippen LogP contribution in [-0.4, -0.2) is 73.2 Å². The molecule has 1 aromatic heterocycles. The van der Waals surface area contributed by atoms with Crippen molar-refractivity contribution < 1.29 is 9.53 Å². The van der Waals surface area contributed by atoms with Crippen LogP contribution in [0.1, 0.15) is 51.5 Å². The molecule has 2 saturated heterocycles. The summed E-state index contributed by atoms with van der Waals surface area (Å²) in [5.74, 6) is 2.41. The lowest BCUT2D eigenvalue weighted by molar-refractivity contribution is -0.134. The normalized spacial score (nSPS) is 24.0. The first kappa shape index (κ1) is 26.0. The highest BCUT2D eigenvalue weighted by Crippen LogP contribution is 2.27. The van der Waals surface area contributed by atoms with Crippen LogP contribution in [0.25, 0.3) is 0 Å². The highest BCUT2D eigenvalue weighted by Gasteiger charge is 2.32. The van der Waals surface area contributed by atoms with Gasteiger partial charge < -0.3 is 25.2 Å². The standard InChI is InChI=1S/C24H38N6O2.HI/c1-3-25-24(28-21-9-11-30(17-21)23(31)20-6-4-5-7-20)27-15-19-8-10-26-22(14-19)29-12-13-32-18(2)16-29;/h8,10,14,18,20-21H,3-7,9,11-13,15-17H2,1-2H3,(H2,25,27,28);1H. The van der Waals surface area contributed by atoms with E-state index < -0.39 is 0 Å². The molecule has 3 fully saturated rings. The number of amides is 1. The fourth-order valence-corrected chi connectivity index (χ4v) is 4.95. The molecule has 0 bridgehead atoms. The van der Waals surface area contributed by atoms with Gasteiger partial charge in [0.15, 0.2) is 5.96 Å². The number of hydrogen-bond donors (Lipinski definition) is 2. The molecule has 1 aliphatic carbocycles. The van der Waals surface area contributed by atoms with Crippen molar-refractivity contribution in [3.05, 3.63) is 23.9 Å². The van der Waals surface area contributed by atoms with Gasteiger partial charge in [-0.05, 0) is 50.8 Å². The van der Waals surface area contributed by atoms with Crippen LogP contribution in [0.4, 0.5) is 5.82 Å².